The van der Waals surface area contributed by atoms with Gasteiger partial charge in [-0.3, -0.25) is 14.5 Å². The van der Waals surface area contributed by atoms with Crippen LogP contribution in [0.3, 0.4) is 0 Å². The lowest BCUT2D eigenvalue weighted by Crippen LogP contribution is -2.27. The number of hydrogen-bond acceptors (Lipinski definition) is 4. The Morgan fingerprint density at radius 3 is 2.36 bits per heavy atom. The minimum Gasteiger partial charge on any atom is -0.488 e. The first-order valence-electron chi connectivity index (χ1n) is 11.0. The molecular formula is C28H18Cl3NO3S. The molecule has 1 fully saturated rings. The summed E-state index contributed by atoms with van der Waals surface area (Å²) in [6.07, 6.45) is 1.74. The van der Waals surface area contributed by atoms with E-state index in [-0.39, 0.29) is 17.7 Å². The molecule has 0 bridgehead atoms. The summed E-state index contributed by atoms with van der Waals surface area (Å²) in [5.74, 6) is 0.243. The van der Waals surface area contributed by atoms with Crippen LogP contribution in [0, 0.1) is 0 Å². The van der Waals surface area contributed by atoms with Gasteiger partial charge in [0.2, 0.25) is 0 Å². The molecule has 0 atom stereocenters. The third kappa shape index (κ3) is 5.25. The molecular weight excluding hydrogens is 537 g/mol. The van der Waals surface area contributed by atoms with Gasteiger partial charge in [-0.05, 0) is 70.1 Å². The van der Waals surface area contributed by atoms with Crippen molar-refractivity contribution in [3.05, 3.63) is 116 Å². The predicted molar refractivity (Wildman–Crippen MR) is 148 cm³/mol. The Bertz CT molecular complexity index is 1520. The molecule has 4 aromatic rings. The highest BCUT2D eigenvalue weighted by atomic mass is 35.5. The van der Waals surface area contributed by atoms with Gasteiger partial charge in [0.15, 0.2) is 0 Å². The standard InChI is InChI=1S/C28H18Cl3NO3S/c29-20-9-5-17(6-10-20)16-35-25-12-8-19-3-1-2-4-21(19)22(25)14-26-27(33)32(28(34)36-26)15-18-7-11-23(30)24(31)13-18/h1-14H,15-16H2/b26-14+. The van der Waals surface area contributed by atoms with Gasteiger partial charge in [0.1, 0.15) is 12.4 Å². The number of halogens is 3. The largest absolute Gasteiger partial charge is 0.488 e. The number of nitrogens with zero attached hydrogens (tertiary/aromatic N) is 1. The van der Waals surface area contributed by atoms with Crippen LogP contribution in [0.4, 0.5) is 4.79 Å². The molecule has 36 heavy (non-hydrogen) atoms. The van der Waals surface area contributed by atoms with Crippen molar-refractivity contribution in [1.29, 1.82) is 0 Å². The van der Waals surface area contributed by atoms with Crippen LogP contribution >= 0.6 is 46.6 Å². The second-order valence-corrected chi connectivity index (χ2v) is 10.4. The summed E-state index contributed by atoms with van der Waals surface area (Å²) in [5, 5.41) is 3.01. The van der Waals surface area contributed by atoms with E-state index in [4.69, 9.17) is 39.5 Å². The molecule has 0 aliphatic carbocycles. The Morgan fingerprint density at radius 2 is 1.58 bits per heavy atom. The molecule has 0 N–H and O–H groups in total. The Hall–Kier alpha value is -2.96. The number of benzene rings is 4. The van der Waals surface area contributed by atoms with Crippen molar-refractivity contribution in [3.63, 3.8) is 0 Å². The molecule has 0 radical (unpaired) electrons. The second-order valence-electron chi connectivity index (χ2n) is 8.13. The van der Waals surface area contributed by atoms with Crippen LogP contribution in [0.1, 0.15) is 16.7 Å². The molecule has 1 saturated heterocycles. The summed E-state index contributed by atoms with van der Waals surface area (Å²) in [7, 11) is 0. The molecule has 4 nitrogen and oxygen atoms in total. The first-order chi connectivity index (χ1) is 17.4. The topological polar surface area (TPSA) is 46.6 Å². The number of imide groups is 1. The van der Waals surface area contributed by atoms with Gasteiger partial charge in [-0.25, -0.2) is 0 Å². The Kier molecular flexibility index (Phi) is 7.26. The number of fused-ring (bicyclic) bond motifs is 1. The van der Waals surface area contributed by atoms with E-state index in [1.165, 1.54) is 4.90 Å². The van der Waals surface area contributed by atoms with E-state index in [2.05, 4.69) is 0 Å². The molecule has 1 heterocycles. The van der Waals surface area contributed by atoms with Crippen molar-refractivity contribution < 1.29 is 14.3 Å². The van der Waals surface area contributed by atoms with E-state index >= 15 is 0 Å². The number of amides is 2. The first kappa shape index (κ1) is 24.7. The lowest BCUT2D eigenvalue weighted by atomic mass is 10.0. The average Bonchev–Trinajstić information content (AvgIpc) is 3.14. The fraction of sp³-hybridized carbons (Fsp3) is 0.0714. The lowest BCUT2D eigenvalue weighted by Gasteiger charge is -2.14. The van der Waals surface area contributed by atoms with Crippen molar-refractivity contribution in [1.82, 2.24) is 4.90 Å². The van der Waals surface area contributed by atoms with E-state index in [9.17, 15) is 9.59 Å². The molecule has 0 unspecified atom stereocenters. The molecule has 0 spiro atoms. The number of carbonyl (C=O) groups excluding carboxylic acids is 2. The predicted octanol–water partition coefficient (Wildman–Crippen LogP) is 8.62. The van der Waals surface area contributed by atoms with Crippen LogP contribution in [-0.4, -0.2) is 16.0 Å². The maximum atomic E-state index is 13.2. The molecule has 5 rings (SSSR count). The summed E-state index contributed by atoms with van der Waals surface area (Å²) in [5.41, 5.74) is 2.41. The van der Waals surface area contributed by atoms with E-state index < -0.39 is 0 Å². The van der Waals surface area contributed by atoms with Gasteiger partial charge < -0.3 is 4.74 Å². The van der Waals surface area contributed by atoms with E-state index in [0.717, 1.165) is 33.7 Å². The molecule has 8 heteroatoms. The highest BCUT2D eigenvalue weighted by Crippen LogP contribution is 2.38. The zero-order chi connectivity index (χ0) is 25.2. The maximum Gasteiger partial charge on any atom is 0.293 e. The monoisotopic (exact) mass is 553 g/mol. The van der Waals surface area contributed by atoms with Gasteiger partial charge >= 0.3 is 0 Å². The Balaban J connectivity index is 1.46. The summed E-state index contributed by atoms with van der Waals surface area (Å²) in [6.45, 7) is 0.434. The number of hydrogen-bond donors (Lipinski definition) is 0. The number of rotatable bonds is 6. The van der Waals surface area contributed by atoms with Crippen molar-refractivity contribution in [3.8, 4) is 5.75 Å². The highest BCUT2D eigenvalue weighted by molar-refractivity contribution is 8.18. The van der Waals surface area contributed by atoms with Gasteiger partial charge in [-0.2, -0.15) is 0 Å². The van der Waals surface area contributed by atoms with Crippen LogP contribution < -0.4 is 4.74 Å². The summed E-state index contributed by atoms with van der Waals surface area (Å²) < 4.78 is 6.16. The summed E-state index contributed by atoms with van der Waals surface area (Å²) in [6, 6.07) is 24.2. The van der Waals surface area contributed by atoms with E-state index in [1.807, 2.05) is 60.7 Å². The Labute approximate surface area is 227 Å². The summed E-state index contributed by atoms with van der Waals surface area (Å²) in [4.78, 5) is 27.5. The smallest absolute Gasteiger partial charge is 0.293 e. The van der Waals surface area contributed by atoms with Crippen LogP contribution in [-0.2, 0) is 17.9 Å². The molecule has 1 aliphatic heterocycles. The number of ether oxygens (including phenoxy) is 1. The van der Waals surface area contributed by atoms with E-state index in [1.54, 1.807) is 24.3 Å². The van der Waals surface area contributed by atoms with Crippen molar-refractivity contribution >= 4 is 74.6 Å². The summed E-state index contributed by atoms with van der Waals surface area (Å²) >= 11 is 19.0. The molecule has 4 aromatic carbocycles. The molecule has 180 valence electrons. The van der Waals surface area contributed by atoms with Crippen LogP contribution in [0.25, 0.3) is 16.8 Å². The average molecular weight is 555 g/mol. The van der Waals surface area contributed by atoms with Crippen molar-refractivity contribution in [2.75, 3.05) is 0 Å². The van der Waals surface area contributed by atoms with Crippen LogP contribution in [0.2, 0.25) is 15.1 Å². The fourth-order valence-electron chi connectivity index (χ4n) is 3.88. The zero-order valence-corrected chi connectivity index (χ0v) is 21.8. The fourth-order valence-corrected chi connectivity index (χ4v) is 5.15. The van der Waals surface area contributed by atoms with Gasteiger partial charge in [0, 0.05) is 10.6 Å². The van der Waals surface area contributed by atoms with Crippen LogP contribution in [0.15, 0.2) is 83.8 Å². The number of carbonyl (C=O) groups is 2. The molecule has 2 amide bonds. The second kappa shape index (κ2) is 10.6. The normalized spacial score (nSPS) is 14.8. The lowest BCUT2D eigenvalue weighted by molar-refractivity contribution is -0.123. The minimum atomic E-state index is -0.368. The SMILES string of the molecule is O=C1S/C(=C/c2c(OCc3ccc(Cl)cc3)ccc3ccccc23)C(=O)N1Cc1ccc(Cl)c(Cl)c1. The number of thioether (sulfide) groups is 1. The van der Waals surface area contributed by atoms with E-state index in [0.29, 0.717) is 37.9 Å². The van der Waals surface area contributed by atoms with Crippen LogP contribution in [0.5, 0.6) is 5.75 Å². The quantitative estimate of drug-likeness (QED) is 0.224. The van der Waals surface area contributed by atoms with Gasteiger partial charge in [-0.15, -0.1) is 0 Å². The van der Waals surface area contributed by atoms with Crippen molar-refractivity contribution in [2.45, 2.75) is 13.2 Å². The molecule has 1 aliphatic rings. The van der Waals surface area contributed by atoms with Gasteiger partial charge in [-0.1, -0.05) is 83.3 Å². The third-order valence-electron chi connectivity index (χ3n) is 5.71. The van der Waals surface area contributed by atoms with Crippen molar-refractivity contribution in [2.24, 2.45) is 0 Å². The maximum absolute atomic E-state index is 13.2. The third-order valence-corrected chi connectivity index (χ3v) is 7.61. The Morgan fingerprint density at radius 1 is 0.833 bits per heavy atom. The molecule has 0 saturated carbocycles. The van der Waals surface area contributed by atoms with Gasteiger partial charge in [0.05, 0.1) is 21.5 Å². The highest BCUT2D eigenvalue weighted by Gasteiger charge is 2.35. The zero-order valence-electron chi connectivity index (χ0n) is 18.7. The first-order valence-corrected chi connectivity index (χ1v) is 12.9. The minimum absolute atomic E-state index is 0.106. The van der Waals surface area contributed by atoms with Gasteiger partial charge in [0.25, 0.3) is 11.1 Å². The molecule has 0 aromatic heterocycles.